The zero-order valence-electron chi connectivity index (χ0n) is 10.0. The van der Waals surface area contributed by atoms with E-state index >= 15 is 0 Å². The maximum atomic E-state index is 5.71. The number of methoxy groups -OCH3 is 1. The molecule has 0 saturated carbocycles. The van der Waals surface area contributed by atoms with Crippen LogP contribution in [0.1, 0.15) is 38.3 Å². The third kappa shape index (κ3) is 3.36. The van der Waals surface area contributed by atoms with Crippen molar-refractivity contribution in [2.75, 3.05) is 13.7 Å². The van der Waals surface area contributed by atoms with Gasteiger partial charge in [-0.25, -0.2) is 0 Å². The van der Waals surface area contributed by atoms with Crippen LogP contribution < -0.4 is 5.32 Å². The average Bonchev–Trinajstić information content (AvgIpc) is 2.62. The van der Waals surface area contributed by atoms with Gasteiger partial charge in [0.1, 0.15) is 18.1 Å². The molecule has 0 aliphatic heterocycles. The van der Waals surface area contributed by atoms with E-state index in [-0.39, 0.29) is 0 Å². The van der Waals surface area contributed by atoms with Gasteiger partial charge in [0, 0.05) is 7.11 Å². The molecule has 3 heteroatoms. The van der Waals surface area contributed by atoms with Crippen LogP contribution in [0, 0.1) is 5.92 Å². The molecule has 3 nitrogen and oxygen atoms in total. The average molecular weight is 211 g/mol. The first-order chi connectivity index (χ1) is 7.19. The molecule has 0 radical (unpaired) electrons. The van der Waals surface area contributed by atoms with Crippen LogP contribution in [0.4, 0.5) is 0 Å². The first kappa shape index (κ1) is 12.3. The van der Waals surface area contributed by atoms with E-state index in [2.05, 4.69) is 26.1 Å². The van der Waals surface area contributed by atoms with Gasteiger partial charge < -0.3 is 14.5 Å². The molecule has 1 N–H and O–H groups in total. The largest absolute Gasteiger partial charge is 0.462 e. The van der Waals surface area contributed by atoms with Crippen molar-refractivity contribution in [2.24, 2.45) is 5.92 Å². The molecule has 15 heavy (non-hydrogen) atoms. The number of furan rings is 1. The fraction of sp³-hybridized carbons (Fsp3) is 0.667. The van der Waals surface area contributed by atoms with Crippen LogP contribution in [0.25, 0.3) is 0 Å². The monoisotopic (exact) mass is 211 g/mol. The van der Waals surface area contributed by atoms with Crippen molar-refractivity contribution in [2.45, 2.75) is 33.4 Å². The fourth-order valence-corrected chi connectivity index (χ4v) is 1.67. The Labute approximate surface area is 91.8 Å². The van der Waals surface area contributed by atoms with Crippen LogP contribution in [-0.4, -0.2) is 13.7 Å². The molecule has 0 aliphatic rings. The van der Waals surface area contributed by atoms with Gasteiger partial charge >= 0.3 is 0 Å². The molecule has 0 saturated heterocycles. The topological polar surface area (TPSA) is 34.4 Å². The molecule has 1 unspecified atom stereocenters. The number of hydrogen-bond donors (Lipinski definition) is 1. The van der Waals surface area contributed by atoms with Gasteiger partial charge in [0.2, 0.25) is 0 Å². The molecule has 1 aromatic heterocycles. The summed E-state index contributed by atoms with van der Waals surface area (Å²) in [4.78, 5) is 0. The van der Waals surface area contributed by atoms with Gasteiger partial charge in [0.05, 0.1) is 6.04 Å². The molecule has 0 aliphatic carbocycles. The van der Waals surface area contributed by atoms with E-state index < -0.39 is 0 Å². The Balaban J connectivity index is 2.72. The quantitative estimate of drug-likeness (QED) is 0.785. The van der Waals surface area contributed by atoms with Crippen molar-refractivity contribution in [3.63, 3.8) is 0 Å². The second kappa shape index (κ2) is 5.93. The number of rotatable bonds is 6. The van der Waals surface area contributed by atoms with E-state index in [1.807, 2.05) is 12.1 Å². The van der Waals surface area contributed by atoms with Gasteiger partial charge in [-0.2, -0.15) is 0 Å². The summed E-state index contributed by atoms with van der Waals surface area (Å²) < 4.78 is 10.7. The maximum absolute atomic E-state index is 5.71. The minimum Gasteiger partial charge on any atom is -0.462 e. The van der Waals surface area contributed by atoms with E-state index in [1.54, 1.807) is 7.11 Å². The van der Waals surface area contributed by atoms with Crippen molar-refractivity contribution in [1.82, 2.24) is 5.32 Å². The maximum Gasteiger partial charge on any atom is 0.129 e. The van der Waals surface area contributed by atoms with Crippen molar-refractivity contribution < 1.29 is 9.15 Å². The first-order valence-electron chi connectivity index (χ1n) is 5.50. The third-order valence-corrected chi connectivity index (χ3v) is 2.37. The van der Waals surface area contributed by atoms with Crippen LogP contribution in [0.5, 0.6) is 0 Å². The van der Waals surface area contributed by atoms with Crippen LogP contribution >= 0.6 is 0 Å². The Bertz CT molecular complexity index is 281. The summed E-state index contributed by atoms with van der Waals surface area (Å²) in [5.41, 5.74) is 0. The van der Waals surface area contributed by atoms with Crippen LogP contribution in [0.3, 0.4) is 0 Å². The van der Waals surface area contributed by atoms with Gasteiger partial charge in [-0.3, -0.25) is 0 Å². The van der Waals surface area contributed by atoms with Crippen molar-refractivity contribution in [1.29, 1.82) is 0 Å². The highest BCUT2D eigenvalue weighted by Crippen LogP contribution is 2.23. The second-order valence-electron chi connectivity index (χ2n) is 4.02. The van der Waals surface area contributed by atoms with Crippen molar-refractivity contribution in [3.8, 4) is 0 Å². The highest BCUT2D eigenvalue weighted by molar-refractivity contribution is 5.11. The standard InChI is InChI=1S/C12H21NO2/c1-5-13-12(9(2)3)11-7-6-10(15-11)8-14-4/h6-7,9,12-13H,5,8H2,1-4H3. The number of ether oxygens (including phenoxy) is 1. The van der Waals surface area contributed by atoms with Gasteiger partial charge in [0.25, 0.3) is 0 Å². The van der Waals surface area contributed by atoms with E-state index in [0.29, 0.717) is 18.6 Å². The minimum atomic E-state index is 0.292. The molecule has 1 rings (SSSR count). The van der Waals surface area contributed by atoms with Crippen molar-refractivity contribution in [3.05, 3.63) is 23.7 Å². The molecule has 0 aromatic carbocycles. The zero-order chi connectivity index (χ0) is 11.3. The second-order valence-corrected chi connectivity index (χ2v) is 4.02. The lowest BCUT2D eigenvalue weighted by Crippen LogP contribution is -2.24. The van der Waals surface area contributed by atoms with E-state index in [0.717, 1.165) is 18.1 Å². The molecule has 1 atom stereocenters. The molecular formula is C12H21NO2. The molecule has 1 aromatic rings. The van der Waals surface area contributed by atoms with Gasteiger partial charge in [-0.15, -0.1) is 0 Å². The Hall–Kier alpha value is -0.800. The summed E-state index contributed by atoms with van der Waals surface area (Å²) >= 11 is 0. The summed E-state index contributed by atoms with van der Waals surface area (Å²) in [5, 5.41) is 3.42. The van der Waals surface area contributed by atoms with E-state index in [9.17, 15) is 0 Å². The Morgan fingerprint density at radius 3 is 2.67 bits per heavy atom. The molecule has 0 spiro atoms. The third-order valence-electron chi connectivity index (χ3n) is 2.37. The summed E-state index contributed by atoms with van der Waals surface area (Å²) in [7, 11) is 1.67. The molecular weight excluding hydrogens is 190 g/mol. The van der Waals surface area contributed by atoms with Gasteiger partial charge in [0.15, 0.2) is 0 Å². The molecule has 0 fully saturated rings. The van der Waals surface area contributed by atoms with Gasteiger partial charge in [-0.05, 0) is 24.6 Å². The normalized spacial score (nSPS) is 13.4. The smallest absolute Gasteiger partial charge is 0.129 e. The summed E-state index contributed by atoms with van der Waals surface area (Å²) in [5.74, 6) is 2.40. The van der Waals surface area contributed by atoms with Crippen LogP contribution in [0.15, 0.2) is 16.5 Å². The Morgan fingerprint density at radius 1 is 1.40 bits per heavy atom. The lowest BCUT2D eigenvalue weighted by atomic mass is 10.0. The number of hydrogen-bond acceptors (Lipinski definition) is 3. The highest BCUT2D eigenvalue weighted by Gasteiger charge is 2.17. The lowest BCUT2D eigenvalue weighted by Gasteiger charge is -2.19. The van der Waals surface area contributed by atoms with Crippen LogP contribution in [0.2, 0.25) is 0 Å². The summed E-state index contributed by atoms with van der Waals surface area (Å²) in [6, 6.07) is 4.30. The Morgan fingerprint density at radius 2 is 2.13 bits per heavy atom. The zero-order valence-corrected chi connectivity index (χ0v) is 10.0. The van der Waals surface area contributed by atoms with Gasteiger partial charge in [-0.1, -0.05) is 20.8 Å². The van der Waals surface area contributed by atoms with E-state index in [1.165, 1.54) is 0 Å². The molecule has 1 heterocycles. The highest BCUT2D eigenvalue weighted by atomic mass is 16.5. The lowest BCUT2D eigenvalue weighted by molar-refractivity contribution is 0.160. The Kier molecular flexibility index (Phi) is 4.85. The number of nitrogens with one attached hydrogen (secondary N) is 1. The molecule has 0 bridgehead atoms. The SMILES string of the molecule is CCNC(c1ccc(COC)o1)C(C)C. The van der Waals surface area contributed by atoms with Crippen LogP contribution in [-0.2, 0) is 11.3 Å². The predicted octanol–water partition coefficient (Wildman–Crippen LogP) is 2.73. The minimum absolute atomic E-state index is 0.292. The predicted molar refractivity (Wildman–Crippen MR) is 60.7 cm³/mol. The van der Waals surface area contributed by atoms with E-state index in [4.69, 9.17) is 9.15 Å². The van der Waals surface area contributed by atoms with Crippen molar-refractivity contribution >= 4 is 0 Å². The fourth-order valence-electron chi connectivity index (χ4n) is 1.67. The first-order valence-corrected chi connectivity index (χ1v) is 5.50. The molecule has 86 valence electrons. The summed E-state index contributed by atoms with van der Waals surface area (Å²) in [6.45, 7) is 7.96. The molecule has 0 amide bonds. The summed E-state index contributed by atoms with van der Waals surface area (Å²) in [6.07, 6.45) is 0.